The number of carbonyl (C=O) groups excluding carboxylic acids is 1. The first-order valence-electron chi connectivity index (χ1n) is 10.4. The highest BCUT2D eigenvalue weighted by Gasteiger charge is 2.29. The van der Waals surface area contributed by atoms with Gasteiger partial charge in [0.2, 0.25) is 0 Å². The molecule has 172 valence electrons. The Balaban J connectivity index is 1.80. The predicted octanol–water partition coefficient (Wildman–Crippen LogP) is 5.08. The van der Waals surface area contributed by atoms with E-state index < -0.39 is 17.8 Å². The van der Waals surface area contributed by atoms with Gasteiger partial charge in [-0.05, 0) is 48.9 Å². The van der Waals surface area contributed by atoms with Crippen LogP contribution < -0.4 is 5.32 Å². The number of aryl methyl sites for hydroxylation is 1. The normalized spacial score (nSPS) is 13.2. The Labute approximate surface area is 194 Å². The molecule has 1 N–H and O–H groups in total. The summed E-state index contributed by atoms with van der Waals surface area (Å²) in [5.74, 6) is -1.33. The van der Waals surface area contributed by atoms with Crippen molar-refractivity contribution >= 4 is 22.7 Å². The minimum Gasteiger partial charge on any atom is -0.370 e. The molecule has 4 rings (SSSR count). The highest BCUT2D eigenvalue weighted by atomic mass is 19.1. The van der Waals surface area contributed by atoms with Gasteiger partial charge in [0, 0.05) is 37.5 Å². The predicted molar refractivity (Wildman–Crippen MR) is 126 cm³/mol. The van der Waals surface area contributed by atoms with Crippen molar-refractivity contribution < 1.29 is 13.6 Å². The number of aromatic nitrogens is 5. The smallest absolute Gasteiger partial charge is 0.199 e. The first-order valence-corrected chi connectivity index (χ1v) is 10.4. The average Bonchev–Trinajstić information content (AvgIpc) is 3.45. The zero-order valence-corrected chi connectivity index (χ0v) is 18.6. The van der Waals surface area contributed by atoms with E-state index >= 15 is 0 Å². The largest absolute Gasteiger partial charge is 0.370 e. The van der Waals surface area contributed by atoms with Crippen LogP contribution in [0.3, 0.4) is 0 Å². The number of nitrogens with one attached hydrogen (secondary N) is 1. The minimum absolute atomic E-state index is 0.313. The van der Waals surface area contributed by atoms with E-state index in [4.69, 9.17) is 0 Å². The fourth-order valence-corrected chi connectivity index (χ4v) is 3.49. The van der Waals surface area contributed by atoms with Crippen molar-refractivity contribution in [2.45, 2.75) is 13.0 Å². The molecule has 1 atom stereocenters. The van der Waals surface area contributed by atoms with E-state index in [0.29, 0.717) is 33.9 Å². The Morgan fingerprint density at radius 3 is 2.65 bits per heavy atom. The van der Waals surface area contributed by atoms with Crippen molar-refractivity contribution in [1.29, 1.82) is 0 Å². The molecule has 34 heavy (non-hydrogen) atoms. The van der Waals surface area contributed by atoms with E-state index in [1.807, 2.05) is 0 Å². The number of hydrogen-bond donors (Lipinski definition) is 1. The Hall–Kier alpha value is -4.40. The number of anilines is 1. The fraction of sp³-hybridized carbons (Fsp3) is 0.120. The van der Waals surface area contributed by atoms with Crippen LogP contribution >= 0.6 is 0 Å². The minimum atomic E-state index is -0.946. The van der Waals surface area contributed by atoms with E-state index in [1.165, 1.54) is 33.5 Å². The van der Waals surface area contributed by atoms with Crippen molar-refractivity contribution in [1.82, 2.24) is 24.1 Å². The molecule has 0 bridgehead atoms. The first kappa shape index (κ1) is 22.8. The molecule has 9 heteroatoms. The number of imidazole rings is 1. The van der Waals surface area contributed by atoms with E-state index in [0.717, 1.165) is 6.08 Å². The summed E-state index contributed by atoms with van der Waals surface area (Å²) in [5, 5.41) is 7.58. The highest BCUT2D eigenvalue weighted by molar-refractivity contribution is 6.05. The van der Waals surface area contributed by atoms with Gasteiger partial charge >= 0.3 is 0 Å². The van der Waals surface area contributed by atoms with E-state index in [-0.39, 0.29) is 5.78 Å². The van der Waals surface area contributed by atoms with Gasteiger partial charge < -0.3 is 5.32 Å². The zero-order chi connectivity index (χ0) is 24.2. The molecule has 7 nitrogen and oxygen atoms in total. The van der Waals surface area contributed by atoms with Crippen molar-refractivity contribution in [3.63, 3.8) is 0 Å². The molecule has 4 heterocycles. The number of carbonyl (C=O) groups is 1. The SMILES string of the molecule is C=C/C(F)=C\C=C(/C)c1nn(C)cc1C(=O)C(Nc1ccncc1)c1cn2c(F)cccc2n1. The Morgan fingerprint density at radius 1 is 1.18 bits per heavy atom. The van der Waals surface area contributed by atoms with E-state index in [9.17, 15) is 13.6 Å². The van der Waals surface area contributed by atoms with Gasteiger partial charge in [0.25, 0.3) is 0 Å². The first-order chi connectivity index (χ1) is 16.4. The van der Waals surface area contributed by atoms with Gasteiger partial charge in [-0.15, -0.1) is 0 Å². The molecule has 0 aliphatic rings. The second-order valence-electron chi connectivity index (χ2n) is 7.59. The summed E-state index contributed by atoms with van der Waals surface area (Å²) >= 11 is 0. The molecular formula is C25H22F2N6O. The van der Waals surface area contributed by atoms with Crippen LogP contribution in [0, 0.1) is 5.95 Å². The number of Topliss-reactive ketones (excluding diaryl/α,β-unsaturated/α-hetero) is 1. The molecule has 0 aliphatic carbocycles. The lowest BCUT2D eigenvalue weighted by Gasteiger charge is -2.17. The summed E-state index contributed by atoms with van der Waals surface area (Å²) in [6.07, 6.45) is 10.1. The van der Waals surface area contributed by atoms with Crippen LogP contribution in [0.25, 0.3) is 11.2 Å². The zero-order valence-electron chi connectivity index (χ0n) is 18.6. The second kappa shape index (κ2) is 9.62. The third-order valence-corrected chi connectivity index (χ3v) is 5.17. The number of hydrogen-bond acceptors (Lipinski definition) is 5. The molecular weight excluding hydrogens is 438 g/mol. The molecule has 4 aromatic heterocycles. The van der Waals surface area contributed by atoms with Gasteiger partial charge in [0.15, 0.2) is 11.7 Å². The number of pyridine rings is 2. The van der Waals surface area contributed by atoms with E-state index in [1.54, 1.807) is 56.8 Å². The van der Waals surface area contributed by atoms with Crippen LogP contribution in [-0.2, 0) is 7.05 Å². The highest BCUT2D eigenvalue weighted by Crippen LogP contribution is 2.27. The maximum absolute atomic E-state index is 14.3. The van der Waals surface area contributed by atoms with E-state index in [2.05, 4.69) is 27.0 Å². The number of halogens is 2. The van der Waals surface area contributed by atoms with Gasteiger partial charge in [-0.1, -0.05) is 18.7 Å². The second-order valence-corrected chi connectivity index (χ2v) is 7.59. The third-order valence-electron chi connectivity index (χ3n) is 5.17. The Morgan fingerprint density at radius 2 is 1.94 bits per heavy atom. The molecule has 0 aromatic carbocycles. The van der Waals surface area contributed by atoms with Crippen LogP contribution in [0.5, 0.6) is 0 Å². The molecule has 0 radical (unpaired) electrons. The number of allylic oxidation sites excluding steroid dienone is 5. The van der Waals surface area contributed by atoms with Gasteiger partial charge in [-0.3, -0.25) is 18.9 Å². The quantitative estimate of drug-likeness (QED) is 0.225. The van der Waals surface area contributed by atoms with Crippen molar-refractivity contribution in [3.8, 4) is 0 Å². The molecule has 4 aromatic rings. The lowest BCUT2D eigenvalue weighted by molar-refractivity contribution is 0.0968. The van der Waals surface area contributed by atoms with Gasteiger partial charge in [-0.2, -0.15) is 9.49 Å². The van der Waals surface area contributed by atoms with Crippen molar-refractivity contribution in [2.24, 2.45) is 7.05 Å². The Bertz CT molecular complexity index is 1420. The van der Waals surface area contributed by atoms with Crippen LogP contribution in [0.4, 0.5) is 14.5 Å². The number of fused-ring (bicyclic) bond motifs is 1. The van der Waals surface area contributed by atoms with Crippen LogP contribution in [0.1, 0.15) is 34.7 Å². The Kier molecular flexibility index (Phi) is 6.44. The number of ketones is 1. The maximum Gasteiger partial charge on any atom is 0.199 e. The standard InChI is InChI=1S/C25H22F2N6O/c1-4-17(26)9-8-16(2)23-19(14-32(3)31-23)25(34)24(29-18-10-12-28-13-11-18)20-15-33-21(27)6-5-7-22(33)30-20/h4-15,24H,1H2,2-3H3,(H,28,29)/b16-8+,17-9+. The third kappa shape index (κ3) is 4.68. The molecule has 0 saturated carbocycles. The molecule has 0 amide bonds. The number of nitrogens with zero attached hydrogens (tertiary/aromatic N) is 5. The van der Waals surface area contributed by atoms with Crippen molar-refractivity contribution in [3.05, 3.63) is 109 Å². The summed E-state index contributed by atoms with van der Waals surface area (Å²) in [6.45, 7) is 5.12. The fourth-order valence-electron chi connectivity index (χ4n) is 3.49. The van der Waals surface area contributed by atoms with Crippen molar-refractivity contribution in [2.75, 3.05) is 5.32 Å². The lowest BCUT2D eigenvalue weighted by Crippen LogP contribution is -2.22. The lowest BCUT2D eigenvalue weighted by atomic mass is 9.99. The molecule has 0 saturated heterocycles. The summed E-state index contributed by atoms with van der Waals surface area (Å²) in [7, 11) is 1.69. The molecule has 0 spiro atoms. The van der Waals surface area contributed by atoms with Crippen LogP contribution in [0.15, 0.2) is 85.8 Å². The van der Waals surface area contributed by atoms with Crippen LogP contribution in [0.2, 0.25) is 0 Å². The van der Waals surface area contributed by atoms with Gasteiger partial charge in [0.1, 0.15) is 17.5 Å². The molecule has 0 fully saturated rings. The number of rotatable bonds is 8. The van der Waals surface area contributed by atoms with Gasteiger partial charge in [-0.25, -0.2) is 9.37 Å². The topological polar surface area (TPSA) is 77.1 Å². The average molecular weight is 460 g/mol. The van der Waals surface area contributed by atoms with Crippen LogP contribution in [-0.4, -0.2) is 29.9 Å². The van der Waals surface area contributed by atoms with Gasteiger partial charge in [0.05, 0.1) is 17.0 Å². The monoisotopic (exact) mass is 460 g/mol. The summed E-state index contributed by atoms with van der Waals surface area (Å²) in [4.78, 5) is 22.3. The molecule has 1 unspecified atom stereocenters. The summed E-state index contributed by atoms with van der Waals surface area (Å²) < 4.78 is 30.7. The summed E-state index contributed by atoms with van der Waals surface area (Å²) in [5.41, 5.74) is 2.65. The molecule has 0 aliphatic heterocycles. The summed E-state index contributed by atoms with van der Waals surface area (Å²) in [6, 6.07) is 7.01. The maximum atomic E-state index is 14.3.